The number of hydrogen-bond donors (Lipinski definition) is 1. The fraction of sp³-hybridized carbons (Fsp3) is 0.250. The van der Waals surface area contributed by atoms with Gasteiger partial charge in [0.25, 0.3) is 0 Å². The second-order valence-electron chi connectivity index (χ2n) is 5.92. The van der Waals surface area contributed by atoms with Crippen molar-refractivity contribution in [3.8, 4) is 0 Å². The van der Waals surface area contributed by atoms with Crippen LogP contribution >= 0.6 is 15.9 Å². The summed E-state index contributed by atoms with van der Waals surface area (Å²) in [6, 6.07) is 17.8. The van der Waals surface area contributed by atoms with Gasteiger partial charge < -0.3 is 10.1 Å². The summed E-state index contributed by atoms with van der Waals surface area (Å²) in [6.45, 7) is 1.69. The number of rotatable bonds is 4. The largest absolute Gasteiger partial charge is 0.451 e. The Balaban J connectivity index is 1.75. The van der Waals surface area contributed by atoms with Gasteiger partial charge in [-0.2, -0.15) is 0 Å². The van der Waals surface area contributed by atoms with E-state index in [0.29, 0.717) is 0 Å². The highest BCUT2D eigenvalue weighted by atomic mass is 79.9. The summed E-state index contributed by atoms with van der Waals surface area (Å²) < 4.78 is 6.95. The van der Waals surface area contributed by atoms with Crippen molar-refractivity contribution >= 4 is 28.0 Å². The van der Waals surface area contributed by atoms with Gasteiger partial charge in [0, 0.05) is 23.4 Å². The predicted octanol–water partition coefficient (Wildman–Crippen LogP) is 4.28. The Labute approximate surface area is 150 Å². The van der Waals surface area contributed by atoms with E-state index in [1.807, 2.05) is 54.6 Å². The highest BCUT2D eigenvalue weighted by Gasteiger charge is 2.37. The van der Waals surface area contributed by atoms with Crippen LogP contribution in [0.5, 0.6) is 0 Å². The van der Waals surface area contributed by atoms with Gasteiger partial charge in [-0.25, -0.2) is 4.79 Å². The molecule has 0 saturated carbocycles. The van der Waals surface area contributed by atoms with Crippen LogP contribution in [-0.2, 0) is 15.1 Å². The van der Waals surface area contributed by atoms with Crippen LogP contribution in [0.2, 0.25) is 0 Å². The number of ether oxygens (including phenoxy) is 1. The molecule has 0 aliphatic carbocycles. The summed E-state index contributed by atoms with van der Waals surface area (Å²) in [6.07, 6.45) is 4.87. The van der Waals surface area contributed by atoms with Gasteiger partial charge in [0.15, 0.2) is 0 Å². The molecule has 1 saturated heterocycles. The van der Waals surface area contributed by atoms with Crippen molar-refractivity contribution in [2.24, 2.45) is 0 Å². The van der Waals surface area contributed by atoms with E-state index in [4.69, 9.17) is 4.74 Å². The highest BCUT2D eigenvalue weighted by molar-refractivity contribution is 9.10. The maximum absolute atomic E-state index is 12.4. The highest BCUT2D eigenvalue weighted by Crippen LogP contribution is 2.35. The van der Waals surface area contributed by atoms with E-state index in [-0.39, 0.29) is 5.97 Å². The molecule has 1 fully saturated rings. The van der Waals surface area contributed by atoms with Crippen LogP contribution in [0.3, 0.4) is 0 Å². The molecule has 4 heteroatoms. The Morgan fingerprint density at radius 1 is 1.04 bits per heavy atom. The molecule has 1 aliphatic rings. The zero-order valence-corrected chi connectivity index (χ0v) is 15.0. The third-order valence-corrected chi connectivity index (χ3v) is 4.82. The van der Waals surface area contributed by atoms with Gasteiger partial charge in [0.05, 0.1) is 0 Å². The van der Waals surface area contributed by atoms with E-state index in [0.717, 1.165) is 41.5 Å². The predicted molar refractivity (Wildman–Crippen MR) is 99.5 cm³/mol. The first-order valence-electron chi connectivity index (χ1n) is 8.11. The van der Waals surface area contributed by atoms with E-state index < -0.39 is 5.60 Å². The van der Waals surface area contributed by atoms with Crippen molar-refractivity contribution < 1.29 is 9.53 Å². The molecule has 1 aliphatic heterocycles. The van der Waals surface area contributed by atoms with Gasteiger partial charge >= 0.3 is 5.97 Å². The Morgan fingerprint density at radius 2 is 1.71 bits per heavy atom. The molecule has 24 heavy (non-hydrogen) atoms. The molecule has 0 spiro atoms. The van der Waals surface area contributed by atoms with Crippen molar-refractivity contribution in [1.29, 1.82) is 0 Å². The van der Waals surface area contributed by atoms with Crippen LogP contribution in [0.4, 0.5) is 0 Å². The molecule has 3 nitrogen and oxygen atoms in total. The molecule has 2 aromatic rings. The van der Waals surface area contributed by atoms with Gasteiger partial charge in [-0.15, -0.1) is 0 Å². The number of esters is 1. The summed E-state index contributed by atoms with van der Waals surface area (Å²) >= 11 is 3.40. The topological polar surface area (TPSA) is 38.3 Å². The van der Waals surface area contributed by atoms with Crippen molar-refractivity contribution in [1.82, 2.24) is 5.32 Å². The molecule has 0 bridgehead atoms. The molecule has 0 unspecified atom stereocenters. The number of carbonyl (C=O) groups is 1. The monoisotopic (exact) mass is 385 g/mol. The molecule has 0 atom stereocenters. The molecular formula is C20H20BrNO2. The Morgan fingerprint density at radius 3 is 2.38 bits per heavy atom. The van der Waals surface area contributed by atoms with Gasteiger partial charge in [-0.1, -0.05) is 58.4 Å². The Hall–Kier alpha value is -1.91. The molecule has 1 heterocycles. The molecule has 3 rings (SSSR count). The fourth-order valence-electron chi connectivity index (χ4n) is 2.99. The maximum atomic E-state index is 12.4. The number of hydrogen-bond acceptors (Lipinski definition) is 3. The normalized spacial score (nSPS) is 16.9. The summed E-state index contributed by atoms with van der Waals surface area (Å²) in [5.74, 6) is -0.302. The smallest absolute Gasteiger partial charge is 0.331 e. The van der Waals surface area contributed by atoms with Crippen LogP contribution in [0.15, 0.2) is 65.1 Å². The first kappa shape index (κ1) is 16.9. The van der Waals surface area contributed by atoms with Gasteiger partial charge in [0.1, 0.15) is 5.60 Å². The Kier molecular flexibility index (Phi) is 5.48. The fourth-order valence-corrected chi connectivity index (χ4v) is 3.25. The molecule has 0 radical (unpaired) electrons. The first-order valence-corrected chi connectivity index (χ1v) is 8.90. The van der Waals surface area contributed by atoms with Crippen LogP contribution in [0.25, 0.3) is 6.08 Å². The SMILES string of the molecule is O=C(/C=C/c1ccc(Br)cc1)OC1(c2ccccc2)CCNCC1. The third kappa shape index (κ3) is 4.13. The van der Waals surface area contributed by atoms with Crippen LogP contribution in [0, 0.1) is 0 Å². The molecule has 0 amide bonds. The van der Waals surface area contributed by atoms with Crippen molar-refractivity contribution in [3.63, 3.8) is 0 Å². The number of halogens is 1. The zero-order chi connectivity index (χ0) is 16.8. The molecule has 0 aromatic heterocycles. The van der Waals surface area contributed by atoms with Crippen molar-refractivity contribution in [2.75, 3.05) is 13.1 Å². The molecule has 1 N–H and O–H groups in total. The van der Waals surface area contributed by atoms with Crippen molar-refractivity contribution in [2.45, 2.75) is 18.4 Å². The van der Waals surface area contributed by atoms with E-state index in [1.54, 1.807) is 6.08 Å². The Bertz CT molecular complexity index is 704. The summed E-state index contributed by atoms with van der Waals surface area (Å²) in [4.78, 5) is 12.4. The summed E-state index contributed by atoms with van der Waals surface area (Å²) in [5.41, 5.74) is 1.50. The lowest BCUT2D eigenvalue weighted by Crippen LogP contribution is -2.42. The quantitative estimate of drug-likeness (QED) is 0.630. The second-order valence-corrected chi connectivity index (χ2v) is 6.83. The van der Waals surface area contributed by atoms with Crippen LogP contribution in [0.1, 0.15) is 24.0 Å². The lowest BCUT2D eigenvalue weighted by Gasteiger charge is -2.37. The number of nitrogens with one attached hydrogen (secondary N) is 1. The maximum Gasteiger partial charge on any atom is 0.331 e. The average molecular weight is 386 g/mol. The van der Waals surface area contributed by atoms with Crippen LogP contribution in [-0.4, -0.2) is 19.1 Å². The number of piperidine rings is 1. The van der Waals surface area contributed by atoms with E-state index in [9.17, 15) is 4.79 Å². The van der Waals surface area contributed by atoms with Gasteiger partial charge in [-0.3, -0.25) is 0 Å². The van der Waals surface area contributed by atoms with Gasteiger partial charge in [0.2, 0.25) is 0 Å². The van der Waals surface area contributed by atoms with E-state index in [2.05, 4.69) is 21.2 Å². The molecule has 124 valence electrons. The zero-order valence-electron chi connectivity index (χ0n) is 13.4. The lowest BCUT2D eigenvalue weighted by atomic mass is 9.85. The van der Waals surface area contributed by atoms with E-state index >= 15 is 0 Å². The first-order chi connectivity index (χ1) is 11.7. The van der Waals surface area contributed by atoms with Gasteiger partial charge in [-0.05, 0) is 42.4 Å². The minimum atomic E-state index is -0.534. The molecular weight excluding hydrogens is 366 g/mol. The average Bonchev–Trinajstić information content (AvgIpc) is 2.63. The summed E-state index contributed by atoms with van der Waals surface area (Å²) in [7, 11) is 0. The van der Waals surface area contributed by atoms with Crippen LogP contribution < -0.4 is 5.32 Å². The van der Waals surface area contributed by atoms with Crippen molar-refractivity contribution in [3.05, 3.63) is 76.3 Å². The minimum Gasteiger partial charge on any atom is -0.451 e. The number of carbonyl (C=O) groups excluding carboxylic acids is 1. The second kappa shape index (κ2) is 7.77. The minimum absolute atomic E-state index is 0.302. The summed E-state index contributed by atoms with van der Waals surface area (Å²) in [5, 5.41) is 3.33. The molecule has 2 aromatic carbocycles. The van der Waals surface area contributed by atoms with E-state index in [1.165, 1.54) is 6.08 Å². The number of benzene rings is 2. The lowest BCUT2D eigenvalue weighted by molar-refractivity contribution is -0.157. The third-order valence-electron chi connectivity index (χ3n) is 4.29. The standard InChI is InChI=1S/C20H20BrNO2/c21-18-9-6-16(7-10-18)8-11-19(23)24-20(12-14-22-15-13-20)17-4-2-1-3-5-17/h1-11,22H,12-15H2/b11-8+.